The Hall–Kier alpha value is -1.71. The summed E-state index contributed by atoms with van der Waals surface area (Å²) in [6.45, 7) is 5.17. The molecular formula is C16H19F3O. The molecule has 1 unspecified atom stereocenters. The second kappa shape index (κ2) is 6.64. The molecular weight excluding hydrogens is 265 g/mol. The van der Waals surface area contributed by atoms with E-state index in [4.69, 9.17) is 4.74 Å². The topological polar surface area (TPSA) is 9.23 Å². The number of fused-ring (bicyclic) bond motifs is 1. The molecule has 0 aliphatic rings. The van der Waals surface area contributed by atoms with E-state index in [9.17, 15) is 13.2 Å². The molecule has 0 aliphatic carbocycles. The summed E-state index contributed by atoms with van der Waals surface area (Å²) in [6, 6.07) is 10.1. The van der Waals surface area contributed by atoms with Crippen LogP contribution < -0.4 is 4.74 Å². The van der Waals surface area contributed by atoms with Crippen molar-refractivity contribution in [2.75, 3.05) is 7.11 Å². The summed E-state index contributed by atoms with van der Waals surface area (Å²) in [4.78, 5) is 0. The van der Waals surface area contributed by atoms with E-state index in [0.29, 0.717) is 5.75 Å². The Morgan fingerprint density at radius 1 is 0.950 bits per heavy atom. The van der Waals surface area contributed by atoms with E-state index < -0.39 is 12.1 Å². The first-order chi connectivity index (χ1) is 9.41. The first-order valence-electron chi connectivity index (χ1n) is 6.56. The highest BCUT2D eigenvalue weighted by Crippen LogP contribution is 2.35. The fourth-order valence-electron chi connectivity index (χ4n) is 1.83. The first kappa shape index (κ1) is 16.3. The quantitative estimate of drug-likeness (QED) is 0.703. The Kier molecular flexibility index (Phi) is 5.43. The standard InChI is InChI=1S/C14H13F3O.C2H6/c1-9(14(15,16)17)10-3-4-12-8-13(18-2)6-5-11(12)7-10;1-2/h3-9H,1-2H3;1-2H3. The third-order valence-corrected chi connectivity index (χ3v) is 3.06. The van der Waals surface area contributed by atoms with Crippen LogP contribution in [0.2, 0.25) is 0 Å². The summed E-state index contributed by atoms with van der Waals surface area (Å²) in [6.07, 6.45) is -4.21. The summed E-state index contributed by atoms with van der Waals surface area (Å²) in [5, 5.41) is 1.65. The second-order valence-corrected chi connectivity index (χ2v) is 4.24. The lowest BCUT2D eigenvalue weighted by molar-refractivity contribution is -0.146. The highest BCUT2D eigenvalue weighted by atomic mass is 19.4. The number of hydrogen-bond donors (Lipinski definition) is 0. The van der Waals surface area contributed by atoms with Crippen LogP contribution in [0, 0.1) is 0 Å². The maximum Gasteiger partial charge on any atom is 0.395 e. The third kappa shape index (κ3) is 3.65. The van der Waals surface area contributed by atoms with Crippen molar-refractivity contribution in [2.24, 2.45) is 0 Å². The molecule has 0 aliphatic heterocycles. The van der Waals surface area contributed by atoms with Crippen molar-refractivity contribution < 1.29 is 17.9 Å². The summed E-state index contributed by atoms with van der Waals surface area (Å²) >= 11 is 0. The van der Waals surface area contributed by atoms with Gasteiger partial charge in [0.1, 0.15) is 5.75 Å². The number of ether oxygens (including phenoxy) is 1. The zero-order chi connectivity index (χ0) is 15.3. The molecule has 0 heterocycles. The summed E-state index contributed by atoms with van der Waals surface area (Å²) in [7, 11) is 1.56. The molecule has 4 heteroatoms. The van der Waals surface area contributed by atoms with E-state index in [0.717, 1.165) is 10.8 Å². The van der Waals surface area contributed by atoms with Gasteiger partial charge >= 0.3 is 6.18 Å². The number of hydrogen-bond acceptors (Lipinski definition) is 1. The maximum absolute atomic E-state index is 12.6. The van der Waals surface area contributed by atoms with Gasteiger partial charge in [-0.15, -0.1) is 0 Å². The minimum absolute atomic E-state index is 0.278. The minimum atomic E-state index is -4.21. The first-order valence-corrected chi connectivity index (χ1v) is 6.56. The smallest absolute Gasteiger partial charge is 0.395 e. The number of benzene rings is 2. The predicted octanol–water partition coefficient (Wildman–Crippen LogP) is 5.54. The fourth-order valence-corrected chi connectivity index (χ4v) is 1.83. The van der Waals surface area contributed by atoms with E-state index in [1.54, 1.807) is 37.4 Å². The van der Waals surface area contributed by atoms with Crippen LogP contribution in [0.4, 0.5) is 13.2 Å². The lowest BCUT2D eigenvalue weighted by Gasteiger charge is -2.16. The van der Waals surface area contributed by atoms with Crippen molar-refractivity contribution in [1.82, 2.24) is 0 Å². The van der Waals surface area contributed by atoms with Crippen molar-refractivity contribution >= 4 is 10.8 Å². The van der Waals surface area contributed by atoms with Crippen molar-refractivity contribution in [3.8, 4) is 5.75 Å². The van der Waals surface area contributed by atoms with Gasteiger partial charge in [0.25, 0.3) is 0 Å². The highest BCUT2D eigenvalue weighted by molar-refractivity contribution is 5.84. The van der Waals surface area contributed by atoms with E-state index in [1.807, 2.05) is 13.8 Å². The van der Waals surface area contributed by atoms with E-state index in [-0.39, 0.29) is 5.56 Å². The zero-order valence-electron chi connectivity index (χ0n) is 12.1. The largest absolute Gasteiger partial charge is 0.497 e. The van der Waals surface area contributed by atoms with Crippen LogP contribution in [-0.4, -0.2) is 13.3 Å². The average molecular weight is 284 g/mol. The summed E-state index contributed by atoms with van der Waals surface area (Å²) < 4.78 is 43.0. The van der Waals surface area contributed by atoms with Crippen LogP contribution >= 0.6 is 0 Å². The maximum atomic E-state index is 12.6. The Morgan fingerprint density at radius 2 is 1.50 bits per heavy atom. The predicted molar refractivity (Wildman–Crippen MR) is 76.3 cm³/mol. The van der Waals surface area contributed by atoms with Crippen LogP contribution in [-0.2, 0) is 0 Å². The van der Waals surface area contributed by atoms with Crippen LogP contribution in [0.15, 0.2) is 36.4 Å². The van der Waals surface area contributed by atoms with Gasteiger partial charge in [0.05, 0.1) is 13.0 Å². The Bertz CT molecular complexity index is 561. The van der Waals surface area contributed by atoms with E-state index >= 15 is 0 Å². The van der Waals surface area contributed by atoms with Crippen LogP contribution in [0.1, 0.15) is 32.3 Å². The second-order valence-electron chi connectivity index (χ2n) is 4.24. The average Bonchev–Trinajstić information content (AvgIpc) is 2.46. The minimum Gasteiger partial charge on any atom is -0.497 e. The third-order valence-electron chi connectivity index (χ3n) is 3.06. The van der Waals surface area contributed by atoms with Crippen LogP contribution in [0.25, 0.3) is 10.8 Å². The molecule has 0 saturated heterocycles. The van der Waals surface area contributed by atoms with Gasteiger partial charge in [0.15, 0.2) is 0 Å². The Morgan fingerprint density at radius 3 is 2.05 bits per heavy atom. The van der Waals surface area contributed by atoms with Gasteiger partial charge in [-0.1, -0.05) is 38.1 Å². The van der Waals surface area contributed by atoms with Gasteiger partial charge < -0.3 is 4.74 Å². The van der Waals surface area contributed by atoms with Crippen molar-refractivity contribution in [3.05, 3.63) is 42.0 Å². The lowest BCUT2D eigenvalue weighted by Crippen LogP contribution is -2.17. The fraction of sp³-hybridized carbons (Fsp3) is 0.375. The number of rotatable bonds is 2. The van der Waals surface area contributed by atoms with Crippen molar-refractivity contribution in [2.45, 2.75) is 32.9 Å². The lowest BCUT2D eigenvalue weighted by atomic mass is 9.97. The summed E-state index contributed by atoms with van der Waals surface area (Å²) in [5.41, 5.74) is 0.278. The van der Waals surface area contributed by atoms with E-state index in [2.05, 4.69) is 0 Å². The number of alkyl halides is 3. The molecule has 20 heavy (non-hydrogen) atoms. The Balaban J connectivity index is 0.000000956. The zero-order valence-corrected chi connectivity index (χ0v) is 12.1. The van der Waals surface area contributed by atoms with Crippen LogP contribution in [0.3, 0.4) is 0 Å². The normalized spacial score (nSPS) is 12.6. The number of halogens is 3. The molecule has 1 nitrogen and oxygen atoms in total. The van der Waals surface area contributed by atoms with Gasteiger partial charge in [-0.2, -0.15) is 13.2 Å². The molecule has 0 bridgehead atoms. The highest BCUT2D eigenvalue weighted by Gasteiger charge is 2.36. The monoisotopic (exact) mass is 284 g/mol. The molecule has 110 valence electrons. The molecule has 0 saturated carbocycles. The molecule has 2 rings (SSSR count). The molecule has 0 N–H and O–H groups in total. The molecule has 0 fully saturated rings. The van der Waals surface area contributed by atoms with Gasteiger partial charge in [0, 0.05) is 0 Å². The molecule has 1 atom stereocenters. The molecule has 2 aromatic rings. The molecule has 0 aromatic heterocycles. The molecule has 0 radical (unpaired) electrons. The molecule has 2 aromatic carbocycles. The van der Waals surface area contributed by atoms with Gasteiger partial charge in [0.2, 0.25) is 0 Å². The van der Waals surface area contributed by atoms with Gasteiger partial charge in [-0.25, -0.2) is 0 Å². The van der Waals surface area contributed by atoms with Crippen LogP contribution in [0.5, 0.6) is 5.75 Å². The molecule has 0 spiro atoms. The number of methoxy groups -OCH3 is 1. The SMILES string of the molecule is CC.COc1ccc2cc(C(C)C(F)(F)F)ccc2c1. The van der Waals surface area contributed by atoms with Crippen molar-refractivity contribution in [1.29, 1.82) is 0 Å². The van der Waals surface area contributed by atoms with Gasteiger partial charge in [-0.05, 0) is 35.4 Å². The van der Waals surface area contributed by atoms with Gasteiger partial charge in [-0.3, -0.25) is 0 Å². The van der Waals surface area contributed by atoms with Crippen molar-refractivity contribution in [3.63, 3.8) is 0 Å². The Labute approximate surface area is 117 Å². The summed E-state index contributed by atoms with van der Waals surface area (Å²) in [5.74, 6) is -0.761. The molecule has 0 amide bonds. The van der Waals surface area contributed by atoms with E-state index in [1.165, 1.54) is 13.0 Å².